The number of nitrogens with one attached hydrogen (secondary N) is 2. The smallest absolute Gasteiger partial charge is 0.327 e. The van der Waals surface area contributed by atoms with Crippen molar-refractivity contribution in [1.82, 2.24) is 25.3 Å². The number of anilines is 3. The number of thiazole rings is 1. The standard InChI is InChI=1S/C23H31N5O2.C9H10N4O2S/c1-4-18(2)25-23(29)28(17-24)21-7-5-19(6-8-21)26-13-15-27(16-14-26)20-9-11-22(30-3)12-10-20;1-2-12-13(11-1)7-9(14-4-5-15-9)8-10-3-6-16-8/h5-12,17-18,24H,4,13-16H2,1-3H3,(H,25,29);1-3,6H,4-5,7H2. The number of aromatic nitrogens is 4. The van der Waals surface area contributed by atoms with Gasteiger partial charge in [0.1, 0.15) is 12.3 Å². The number of carbonyl (C=O) groups excluding carboxylic acids is 1. The van der Waals surface area contributed by atoms with Crippen molar-refractivity contribution in [2.75, 3.05) is 61.2 Å². The molecule has 6 rings (SSSR count). The summed E-state index contributed by atoms with van der Waals surface area (Å²) in [6.07, 6.45) is 6.90. The molecule has 2 amide bonds. The summed E-state index contributed by atoms with van der Waals surface area (Å²) in [5.74, 6) is 0.0574. The van der Waals surface area contributed by atoms with E-state index >= 15 is 0 Å². The van der Waals surface area contributed by atoms with E-state index in [0.29, 0.717) is 25.4 Å². The fourth-order valence-corrected chi connectivity index (χ4v) is 5.87. The molecule has 14 heteroatoms. The van der Waals surface area contributed by atoms with E-state index in [1.807, 2.05) is 55.6 Å². The van der Waals surface area contributed by atoms with Crippen LogP contribution in [0.3, 0.4) is 0 Å². The molecule has 2 aromatic heterocycles. The summed E-state index contributed by atoms with van der Waals surface area (Å²) >= 11 is 1.51. The molecule has 244 valence electrons. The fraction of sp³-hybridized carbons (Fsp3) is 0.406. The molecule has 2 aromatic carbocycles. The topological polar surface area (TPSA) is 134 Å². The lowest BCUT2D eigenvalue weighted by atomic mass is 10.2. The van der Waals surface area contributed by atoms with Crippen LogP contribution in [0.25, 0.3) is 0 Å². The maximum Gasteiger partial charge on any atom is 0.327 e. The highest BCUT2D eigenvalue weighted by molar-refractivity contribution is 7.09. The van der Waals surface area contributed by atoms with Crippen molar-refractivity contribution in [3.63, 3.8) is 0 Å². The van der Waals surface area contributed by atoms with Crippen LogP contribution in [0.15, 0.2) is 72.5 Å². The Labute approximate surface area is 273 Å². The second kappa shape index (κ2) is 15.7. The van der Waals surface area contributed by atoms with Gasteiger partial charge >= 0.3 is 6.03 Å². The lowest BCUT2D eigenvalue weighted by Crippen LogP contribution is -2.46. The fourth-order valence-electron chi connectivity index (χ4n) is 5.13. The van der Waals surface area contributed by atoms with Gasteiger partial charge in [-0.3, -0.25) is 10.3 Å². The van der Waals surface area contributed by atoms with E-state index in [0.717, 1.165) is 55.4 Å². The quantitative estimate of drug-likeness (QED) is 0.187. The summed E-state index contributed by atoms with van der Waals surface area (Å²) in [6, 6.07) is 15.8. The number of urea groups is 1. The maximum atomic E-state index is 12.4. The van der Waals surface area contributed by atoms with E-state index in [1.165, 1.54) is 21.9 Å². The summed E-state index contributed by atoms with van der Waals surface area (Å²) in [6.45, 7) is 9.27. The third-order valence-electron chi connectivity index (χ3n) is 7.87. The van der Waals surface area contributed by atoms with Gasteiger partial charge in [-0.25, -0.2) is 9.78 Å². The minimum Gasteiger partial charge on any atom is -0.497 e. The highest BCUT2D eigenvalue weighted by Crippen LogP contribution is 2.34. The molecule has 46 heavy (non-hydrogen) atoms. The number of rotatable bonds is 10. The van der Waals surface area contributed by atoms with Gasteiger partial charge in [-0.2, -0.15) is 15.0 Å². The van der Waals surface area contributed by atoms with Crippen LogP contribution >= 0.6 is 11.3 Å². The zero-order chi connectivity index (χ0) is 32.4. The zero-order valence-electron chi connectivity index (χ0n) is 26.4. The van der Waals surface area contributed by atoms with Crippen molar-refractivity contribution in [2.45, 2.75) is 38.6 Å². The number of hydrogen-bond donors (Lipinski definition) is 2. The average molecular weight is 648 g/mol. The van der Waals surface area contributed by atoms with E-state index < -0.39 is 5.79 Å². The van der Waals surface area contributed by atoms with Crippen molar-refractivity contribution in [3.8, 4) is 5.75 Å². The SMILES string of the molecule is CCC(C)NC(=O)N(C=N)c1ccc(N2CCN(c3ccc(OC)cc3)CC2)cc1.c1csc(C2(Cn3nccn3)OCCO2)n1. The van der Waals surface area contributed by atoms with Crippen molar-refractivity contribution in [1.29, 1.82) is 5.41 Å². The Morgan fingerprint density at radius 1 is 1.02 bits per heavy atom. The first-order valence-corrected chi connectivity index (χ1v) is 16.2. The summed E-state index contributed by atoms with van der Waals surface area (Å²) < 4.78 is 16.6. The van der Waals surface area contributed by atoms with E-state index in [1.54, 1.807) is 30.5 Å². The Kier molecular flexibility index (Phi) is 11.2. The summed E-state index contributed by atoms with van der Waals surface area (Å²) in [4.78, 5) is 24.2. The highest BCUT2D eigenvalue weighted by Gasteiger charge is 2.42. The van der Waals surface area contributed by atoms with Crippen LogP contribution < -0.4 is 24.8 Å². The Bertz CT molecular complexity index is 1490. The predicted molar refractivity (Wildman–Crippen MR) is 179 cm³/mol. The van der Waals surface area contributed by atoms with Crippen molar-refractivity contribution in [2.24, 2.45) is 0 Å². The number of benzene rings is 2. The van der Waals surface area contributed by atoms with Gasteiger partial charge in [-0.15, -0.1) is 11.3 Å². The lowest BCUT2D eigenvalue weighted by Gasteiger charge is -2.37. The molecule has 4 aromatic rings. The molecule has 2 fully saturated rings. The number of hydrogen-bond acceptors (Lipinski definition) is 11. The van der Waals surface area contributed by atoms with Crippen LogP contribution in [0.4, 0.5) is 21.9 Å². The Morgan fingerprint density at radius 3 is 2.11 bits per heavy atom. The van der Waals surface area contributed by atoms with E-state index in [4.69, 9.17) is 19.6 Å². The van der Waals surface area contributed by atoms with Gasteiger partial charge in [-0.1, -0.05) is 6.92 Å². The Balaban J connectivity index is 0.000000217. The molecule has 2 aliphatic rings. The summed E-state index contributed by atoms with van der Waals surface area (Å²) in [5, 5.41) is 21.3. The second-order valence-electron chi connectivity index (χ2n) is 10.8. The third kappa shape index (κ3) is 8.00. The van der Waals surface area contributed by atoms with E-state index in [9.17, 15) is 4.79 Å². The molecule has 1 unspecified atom stereocenters. The Hall–Kier alpha value is -4.53. The van der Waals surface area contributed by atoms with Gasteiger partial charge in [0.25, 0.3) is 0 Å². The van der Waals surface area contributed by atoms with E-state index in [2.05, 4.69) is 42.4 Å². The molecule has 0 aliphatic carbocycles. The van der Waals surface area contributed by atoms with Crippen molar-refractivity contribution >= 4 is 40.8 Å². The predicted octanol–water partition coefficient (Wildman–Crippen LogP) is 4.58. The lowest BCUT2D eigenvalue weighted by molar-refractivity contribution is -0.179. The van der Waals surface area contributed by atoms with Gasteiger partial charge in [0, 0.05) is 55.2 Å². The first-order valence-electron chi connectivity index (χ1n) is 15.3. The van der Waals surface area contributed by atoms with Gasteiger partial charge in [-0.05, 0) is 61.9 Å². The molecule has 2 aliphatic heterocycles. The second-order valence-corrected chi connectivity index (χ2v) is 11.7. The van der Waals surface area contributed by atoms with Gasteiger partial charge in [0.05, 0.1) is 44.7 Å². The molecule has 4 heterocycles. The van der Waals surface area contributed by atoms with Crippen LogP contribution in [0.5, 0.6) is 5.75 Å². The molecule has 0 spiro atoms. The molecule has 2 saturated heterocycles. The monoisotopic (exact) mass is 647 g/mol. The number of nitrogens with zero attached hydrogens (tertiary/aromatic N) is 7. The summed E-state index contributed by atoms with van der Waals surface area (Å²) in [7, 11) is 1.68. The minimum absolute atomic E-state index is 0.0706. The number of carbonyl (C=O) groups is 1. The molecule has 0 radical (unpaired) electrons. The van der Waals surface area contributed by atoms with Crippen LogP contribution in [0.2, 0.25) is 0 Å². The van der Waals surface area contributed by atoms with Crippen LogP contribution in [-0.4, -0.2) is 84.9 Å². The molecule has 0 saturated carbocycles. The third-order valence-corrected chi connectivity index (χ3v) is 8.77. The number of amides is 2. The molecular weight excluding hydrogens is 606 g/mol. The van der Waals surface area contributed by atoms with Crippen LogP contribution in [0.1, 0.15) is 25.3 Å². The zero-order valence-corrected chi connectivity index (χ0v) is 27.2. The van der Waals surface area contributed by atoms with Gasteiger partial charge < -0.3 is 29.3 Å². The molecular formula is C32H41N9O4S. The minimum atomic E-state index is -0.812. The van der Waals surface area contributed by atoms with Crippen molar-refractivity contribution in [3.05, 3.63) is 77.5 Å². The first kappa shape index (κ1) is 32.9. The van der Waals surface area contributed by atoms with Gasteiger partial charge in [0.15, 0.2) is 5.01 Å². The summed E-state index contributed by atoms with van der Waals surface area (Å²) in [5.41, 5.74) is 3.02. The highest BCUT2D eigenvalue weighted by atomic mass is 32.1. The molecule has 13 nitrogen and oxygen atoms in total. The molecule has 1 atom stereocenters. The van der Waals surface area contributed by atoms with Gasteiger partial charge in [0.2, 0.25) is 5.79 Å². The van der Waals surface area contributed by atoms with E-state index in [-0.39, 0.29) is 12.1 Å². The normalized spacial score (nSPS) is 16.2. The largest absolute Gasteiger partial charge is 0.497 e. The Morgan fingerprint density at radius 2 is 1.61 bits per heavy atom. The molecule has 2 N–H and O–H groups in total. The number of piperazine rings is 1. The number of methoxy groups -OCH3 is 1. The van der Waals surface area contributed by atoms with Crippen LogP contribution in [0, 0.1) is 5.41 Å². The first-order chi connectivity index (χ1) is 22.4. The molecule has 0 bridgehead atoms. The maximum absolute atomic E-state index is 12.4. The number of ether oxygens (including phenoxy) is 3. The average Bonchev–Trinajstić information content (AvgIpc) is 3.91. The van der Waals surface area contributed by atoms with Crippen LogP contribution in [-0.2, 0) is 21.8 Å². The van der Waals surface area contributed by atoms with Crippen molar-refractivity contribution < 1.29 is 19.0 Å².